The molecular weight excluding hydrogens is 445 g/mol. The molecule has 0 bridgehead atoms. The molecule has 0 unspecified atom stereocenters. The third-order valence-electron chi connectivity index (χ3n) is 4.15. The van der Waals surface area contributed by atoms with Crippen molar-refractivity contribution in [1.82, 2.24) is 14.8 Å². The van der Waals surface area contributed by atoms with E-state index in [2.05, 4.69) is 10.1 Å². The van der Waals surface area contributed by atoms with Crippen molar-refractivity contribution in [1.29, 1.82) is 0 Å². The molecule has 0 N–H and O–H groups in total. The third-order valence-corrected chi connectivity index (χ3v) is 4.59. The van der Waals surface area contributed by atoms with E-state index in [4.69, 9.17) is 42.1 Å². The van der Waals surface area contributed by atoms with Gasteiger partial charge in [0.1, 0.15) is 0 Å². The van der Waals surface area contributed by atoms with E-state index in [1.54, 1.807) is 12.1 Å². The van der Waals surface area contributed by atoms with Gasteiger partial charge in [-0.25, -0.2) is 0 Å². The molecule has 0 spiro atoms. The van der Waals surface area contributed by atoms with Crippen LogP contribution in [-0.4, -0.2) is 48.1 Å². The highest BCUT2D eigenvalue weighted by Gasteiger charge is 2.24. The molecule has 1 heterocycles. The molecule has 3 rings (SSSR count). The summed E-state index contributed by atoms with van der Waals surface area (Å²) >= 11 is 12.1. The van der Waals surface area contributed by atoms with Crippen molar-refractivity contribution >= 4 is 29.1 Å². The van der Waals surface area contributed by atoms with Gasteiger partial charge in [-0.15, -0.1) is 5.10 Å². The van der Waals surface area contributed by atoms with E-state index < -0.39 is 5.91 Å². The Balaban J connectivity index is 2.20. The first-order valence-corrected chi connectivity index (χ1v) is 9.97. The first-order valence-electron chi connectivity index (χ1n) is 9.22. The third kappa shape index (κ3) is 4.86. The van der Waals surface area contributed by atoms with Crippen LogP contribution < -0.4 is 18.9 Å². The van der Waals surface area contributed by atoms with Crippen molar-refractivity contribution in [2.24, 2.45) is 0 Å². The van der Waals surface area contributed by atoms with Crippen LogP contribution in [0.25, 0.3) is 11.4 Å². The molecule has 0 aliphatic carbocycles. The van der Waals surface area contributed by atoms with Gasteiger partial charge in [-0.05, 0) is 44.2 Å². The van der Waals surface area contributed by atoms with Crippen LogP contribution in [0.2, 0.25) is 10.0 Å². The maximum atomic E-state index is 13.3. The molecule has 0 saturated heterocycles. The van der Waals surface area contributed by atoms with Gasteiger partial charge in [0.15, 0.2) is 17.3 Å². The van der Waals surface area contributed by atoms with Gasteiger partial charge in [-0.3, -0.25) is 4.79 Å². The Bertz CT molecular complexity index is 1070. The smallest absolute Gasteiger partial charge is 0.336 e. The van der Waals surface area contributed by atoms with Crippen molar-refractivity contribution in [2.45, 2.75) is 20.0 Å². The van der Waals surface area contributed by atoms with E-state index in [9.17, 15) is 4.79 Å². The minimum absolute atomic E-state index is 0.0419. The minimum atomic E-state index is -0.487. The van der Waals surface area contributed by atoms with Gasteiger partial charge >= 0.3 is 6.01 Å². The second-order valence-corrected chi connectivity index (χ2v) is 7.55. The Morgan fingerprint density at radius 2 is 1.52 bits per heavy atom. The van der Waals surface area contributed by atoms with Crippen LogP contribution in [0.5, 0.6) is 23.3 Å². The van der Waals surface area contributed by atoms with Gasteiger partial charge in [-0.1, -0.05) is 23.2 Å². The summed E-state index contributed by atoms with van der Waals surface area (Å²) in [6.45, 7) is 3.66. The fourth-order valence-corrected chi connectivity index (χ4v) is 3.42. The van der Waals surface area contributed by atoms with E-state index in [0.717, 1.165) is 4.68 Å². The molecular formula is C21H21Cl2N3O5. The molecule has 0 saturated carbocycles. The van der Waals surface area contributed by atoms with Gasteiger partial charge in [-0.2, -0.15) is 9.67 Å². The molecule has 3 aromatic rings. The van der Waals surface area contributed by atoms with E-state index >= 15 is 0 Å². The van der Waals surface area contributed by atoms with Crippen LogP contribution in [0.4, 0.5) is 0 Å². The van der Waals surface area contributed by atoms with Crippen LogP contribution >= 0.6 is 23.2 Å². The van der Waals surface area contributed by atoms with Gasteiger partial charge in [0.25, 0.3) is 5.91 Å². The summed E-state index contributed by atoms with van der Waals surface area (Å²) in [7, 11) is 4.50. The molecule has 0 atom stereocenters. The lowest BCUT2D eigenvalue weighted by Crippen LogP contribution is -2.16. The zero-order chi connectivity index (χ0) is 22.7. The number of halogens is 2. The van der Waals surface area contributed by atoms with Gasteiger partial charge in [0.05, 0.1) is 27.4 Å². The van der Waals surface area contributed by atoms with Crippen molar-refractivity contribution in [2.75, 3.05) is 21.3 Å². The quantitative estimate of drug-likeness (QED) is 0.497. The first kappa shape index (κ1) is 22.7. The van der Waals surface area contributed by atoms with Crippen LogP contribution in [0.1, 0.15) is 24.2 Å². The SMILES string of the molecule is COc1cc(-c2nc(OC(C)C)nn2C(=O)c2cc(Cl)cc(Cl)c2)cc(OC)c1OC. The highest BCUT2D eigenvalue weighted by atomic mass is 35.5. The lowest BCUT2D eigenvalue weighted by molar-refractivity contribution is 0.0943. The fourth-order valence-electron chi connectivity index (χ4n) is 2.89. The number of hydrogen-bond acceptors (Lipinski definition) is 7. The normalized spacial score (nSPS) is 10.8. The summed E-state index contributed by atoms with van der Waals surface area (Å²) in [4.78, 5) is 17.7. The zero-order valence-electron chi connectivity index (χ0n) is 17.6. The Morgan fingerprint density at radius 3 is 2.00 bits per heavy atom. The molecule has 0 fully saturated rings. The Morgan fingerprint density at radius 1 is 0.935 bits per heavy atom. The Labute approximate surface area is 189 Å². The summed E-state index contributed by atoms with van der Waals surface area (Å²) < 4.78 is 22.9. The lowest BCUT2D eigenvalue weighted by Gasteiger charge is -2.14. The average molecular weight is 466 g/mol. The van der Waals surface area contributed by atoms with Crippen LogP contribution in [0, 0.1) is 0 Å². The van der Waals surface area contributed by atoms with E-state index in [0.29, 0.717) is 32.9 Å². The van der Waals surface area contributed by atoms with Crippen molar-refractivity contribution in [3.63, 3.8) is 0 Å². The topological polar surface area (TPSA) is 84.7 Å². The number of carbonyl (C=O) groups excluding carboxylic acids is 1. The number of rotatable bonds is 7. The molecule has 0 aliphatic heterocycles. The molecule has 8 nitrogen and oxygen atoms in total. The maximum absolute atomic E-state index is 13.3. The summed E-state index contributed by atoms with van der Waals surface area (Å²) in [6.07, 6.45) is -0.195. The van der Waals surface area contributed by atoms with Crippen LogP contribution in [0.3, 0.4) is 0 Å². The van der Waals surface area contributed by atoms with Gasteiger partial charge in [0, 0.05) is 21.2 Å². The standard InChI is InChI=1S/C21H21Cl2N3O5/c1-11(2)31-21-24-19(12-8-16(28-3)18(30-5)17(9-12)29-4)26(25-21)20(27)13-6-14(22)10-15(23)7-13/h6-11H,1-5H3. The number of carbonyl (C=O) groups is 1. The molecule has 31 heavy (non-hydrogen) atoms. The first-order chi connectivity index (χ1) is 14.8. The number of methoxy groups -OCH3 is 3. The van der Waals surface area contributed by atoms with Crippen molar-refractivity contribution in [3.8, 4) is 34.6 Å². The summed E-state index contributed by atoms with van der Waals surface area (Å²) in [5, 5.41) is 4.90. The molecule has 164 valence electrons. The summed E-state index contributed by atoms with van der Waals surface area (Å²) in [5.74, 6) is 0.939. The zero-order valence-corrected chi connectivity index (χ0v) is 19.1. The fraction of sp³-hybridized carbons (Fsp3) is 0.286. The number of aromatic nitrogens is 3. The number of hydrogen-bond donors (Lipinski definition) is 0. The second kappa shape index (κ2) is 9.45. The van der Waals surface area contributed by atoms with Crippen molar-refractivity contribution in [3.05, 3.63) is 45.9 Å². The minimum Gasteiger partial charge on any atom is -0.493 e. The lowest BCUT2D eigenvalue weighted by atomic mass is 10.1. The predicted octanol–water partition coefficient (Wildman–Crippen LogP) is 4.75. The van der Waals surface area contributed by atoms with Gasteiger partial charge < -0.3 is 18.9 Å². The van der Waals surface area contributed by atoms with Crippen molar-refractivity contribution < 1.29 is 23.7 Å². The highest BCUT2D eigenvalue weighted by molar-refractivity contribution is 6.35. The van der Waals surface area contributed by atoms with E-state index in [1.165, 1.54) is 39.5 Å². The van der Waals surface area contributed by atoms with Crippen LogP contribution in [-0.2, 0) is 0 Å². The van der Waals surface area contributed by atoms with Gasteiger partial charge in [0.2, 0.25) is 5.75 Å². The molecule has 1 aromatic heterocycles. The average Bonchev–Trinajstić information content (AvgIpc) is 3.14. The predicted molar refractivity (Wildman–Crippen MR) is 117 cm³/mol. The van der Waals surface area contributed by atoms with E-state index in [-0.39, 0.29) is 23.5 Å². The monoisotopic (exact) mass is 465 g/mol. The van der Waals surface area contributed by atoms with E-state index in [1.807, 2.05) is 13.8 Å². The number of benzene rings is 2. The molecule has 0 radical (unpaired) electrons. The summed E-state index contributed by atoms with van der Waals surface area (Å²) in [6, 6.07) is 7.91. The summed E-state index contributed by atoms with van der Waals surface area (Å²) in [5.41, 5.74) is 0.745. The number of nitrogens with zero attached hydrogens (tertiary/aromatic N) is 3. The molecule has 10 heteroatoms. The number of ether oxygens (including phenoxy) is 4. The molecule has 2 aromatic carbocycles. The van der Waals surface area contributed by atoms with Crippen LogP contribution in [0.15, 0.2) is 30.3 Å². The second-order valence-electron chi connectivity index (χ2n) is 6.67. The highest BCUT2D eigenvalue weighted by Crippen LogP contribution is 2.41. The largest absolute Gasteiger partial charge is 0.493 e. The maximum Gasteiger partial charge on any atom is 0.336 e. The Hall–Kier alpha value is -2.97. The Kier molecular flexibility index (Phi) is 6.92. The molecule has 0 amide bonds. The molecule has 0 aliphatic rings.